The minimum Gasteiger partial charge on any atom is -0.493 e. The number of amides is 1. The topological polar surface area (TPSA) is 109 Å². The molecule has 10 heteroatoms. The maximum absolute atomic E-state index is 13.0. The van der Waals surface area contributed by atoms with Crippen LogP contribution >= 0.6 is 0 Å². The molecule has 1 aromatic rings. The minimum absolute atomic E-state index is 0.0329. The van der Waals surface area contributed by atoms with Gasteiger partial charge in [-0.1, -0.05) is 13.8 Å². The van der Waals surface area contributed by atoms with E-state index in [1.807, 2.05) is 27.7 Å². The van der Waals surface area contributed by atoms with Crippen molar-refractivity contribution in [1.82, 2.24) is 5.32 Å². The van der Waals surface area contributed by atoms with Crippen LogP contribution in [-0.2, 0) is 35.0 Å². The Hall–Kier alpha value is -1.88. The molecule has 1 unspecified atom stereocenters. The average Bonchev–Trinajstić information content (AvgIpc) is 2.71. The number of fused-ring (bicyclic) bond motifs is 1. The van der Waals surface area contributed by atoms with Crippen LogP contribution in [0, 0.1) is 5.92 Å². The molecule has 0 aromatic heterocycles. The van der Waals surface area contributed by atoms with Crippen molar-refractivity contribution in [3.05, 3.63) is 17.7 Å². The van der Waals surface area contributed by atoms with Gasteiger partial charge < -0.3 is 24.3 Å². The zero-order valence-corrected chi connectivity index (χ0v) is 19.8. The van der Waals surface area contributed by atoms with Gasteiger partial charge in [-0.05, 0) is 37.8 Å². The van der Waals surface area contributed by atoms with Crippen LogP contribution in [-0.4, -0.2) is 60.2 Å². The van der Waals surface area contributed by atoms with Crippen LogP contribution in [0.1, 0.15) is 39.7 Å². The molecule has 1 N–H and O–H groups in total. The summed E-state index contributed by atoms with van der Waals surface area (Å²) < 4.78 is 52.4. The first-order valence-electron chi connectivity index (χ1n) is 10.4. The van der Waals surface area contributed by atoms with Gasteiger partial charge in [0.15, 0.2) is 23.9 Å². The van der Waals surface area contributed by atoms with Crippen LogP contribution in [0.4, 0.5) is 0 Å². The Bertz CT molecular complexity index is 849. The highest BCUT2D eigenvalue weighted by Crippen LogP contribution is 2.37. The Morgan fingerprint density at radius 1 is 1.13 bits per heavy atom. The Labute approximate surface area is 184 Å². The highest BCUT2D eigenvalue weighted by molar-refractivity contribution is 7.87. The molecule has 2 rings (SSSR count). The SMILES string of the molecule is CCOC(OCC)[C@H](CC(C)C)NC(=O)C1Cc2cc(OC)c(OC)cc2S(=O)(=O)O1. The number of rotatable bonds is 11. The van der Waals surface area contributed by atoms with Gasteiger partial charge in [0.1, 0.15) is 4.90 Å². The fourth-order valence-electron chi connectivity index (χ4n) is 3.50. The van der Waals surface area contributed by atoms with Crippen molar-refractivity contribution < 1.29 is 36.3 Å². The van der Waals surface area contributed by atoms with Crippen LogP contribution < -0.4 is 14.8 Å². The molecule has 0 spiro atoms. The number of carbonyl (C=O) groups is 1. The van der Waals surface area contributed by atoms with Gasteiger partial charge in [0.2, 0.25) is 0 Å². The second-order valence-electron chi connectivity index (χ2n) is 7.58. The van der Waals surface area contributed by atoms with Gasteiger partial charge in [0, 0.05) is 25.7 Å². The Morgan fingerprint density at radius 3 is 2.23 bits per heavy atom. The third-order valence-corrected chi connectivity index (χ3v) is 6.22. The number of hydrogen-bond donors (Lipinski definition) is 1. The molecule has 176 valence electrons. The quantitative estimate of drug-likeness (QED) is 0.396. The molecule has 1 amide bonds. The Kier molecular flexibility index (Phi) is 9.11. The maximum Gasteiger partial charge on any atom is 0.298 e. The molecule has 1 aromatic carbocycles. The molecule has 1 aliphatic heterocycles. The second kappa shape index (κ2) is 11.1. The van der Waals surface area contributed by atoms with Crippen LogP contribution in [0.2, 0.25) is 0 Å². The molecule has 1 aliphatic rings. The van der Waals surface area contributed by atoms with Gasteiger partial charge in [0.05, 0.1) is 20.3 Å². The van der Waals surface area contributed by atoms with Crippen molar-refractivity contribution in [2.45, 2.75) is 63.9 Å². The van der Waals surface area contributed by atoms with E-state index in [1.165, 1.54) is 20.3 Å². The fourth-order valence-corrected chi connectivity index (χ4v) is 4.78. The summed E-state index contributed by atoms with van der Waals surface area (Å²) in [6.07, 6.45) is -1.19. The number of benzene rings is 1. The van der Waals surface area contributed by atoms with Crippen molar-refractivity contribution in [3.8, 4) is 11.5 Å². The Morgan fingerprint density at radius 2 is 1.71 bits per heavy atom. The predicted octanol–water partition coefficient (Wildman–Crippen LogP) is 2.26. The second-order valence-corrected chi connectivity index (χ2v) is 9.12. The van der Waals surface area contributed by atoms with Gasteiger partial charge in [-0.2, -0.15) is 8.42 Å². The van der Waals surface area contributed by atoms with E-state index in [9.17, 15) is 13.2 Å². The molecule has 2 atom stereocenters. The van der Waals surface area contributed by atoms with Gasteiger partial charge >= 0.3 is 0 Å². The largest absolute Gasteiger partial charge is 0.493 e. The highest BCUT2D eigenvalue weighted by Gasteiger charge is 2.38. The lowest BCUT2D eigenvalue weighted by molar-refractivity contribution is -0.162. The fraction of sp³-hybridized carbons (Fsp3) is 0.667. The monoisotopic (exact) mass is 459 g/mol. The molecule has 1 heterocycles. The van der Waals surface area contributed by atoms with E-state index < -0.39 is 34.5 Å². The number of nitrogens with one attached hydrogen (secondary N) is 1. The summed E-state index contributed by atoms with van der Waals surface area (Å²) in [5, 5.41) is 2.87. The molecule has 0 fully saturated rings. The molecule has 9 nitrogen and oxygen atoms in total. The first-order valence-corrected chi connectivity index (χ1v) is 11.8. The lowest BCUT2D eigenvalue weighted by Gasteiger charge is -2.31. The van der Waals surface area contributed by atoms with E-state index in [-0.39, 0.29) is 23.0 Å². The van der Waals surface area contributed by atoms with Gasteiger partial charge in [-0.25, -0.2) is 0 Å². The zero-order valence-electron chi connectivity index (χ0n) is 19.0. The van der Waals surface area contributed by atoms with Crippen molar-refractivity contribution in [1.29, 1.82) is 0 Å². The molecule has 31 heavy (non-hydrogen) atoms. The lowest BCUT2D eigenvalue weighted by Crippen LogP contribution is -2.51. The normalized spacial score (nSPS) is 18.5. The van der Waals surface area contributed by atoms with Gasteiger partial charge in [-0.3, -0.25) is 8.98 Å². The molecule has 0 saturated heterocycles. The summed E-state index contributed by atoms with van der Waals surface area (Å²) in [7, 11) is -1.28. The molecule has 0 saturated carbocycles. The van der Waals surface area contributed by atoms with E-state index in [1.54, 1.807) is 6.07 Å². The number of methoxy groups -OCH3 is 2. The van der Waals surface area contributed by atoms with Crippen molar-refractivity contribution in [2.24, 2.45) is 5.92 Å². The van der Waals surface area contributed by atoms with Crippen molar-refractivity contribution >= 4 is 16.0 Å². The maximum atomic E-state index is 13.0. The van der Waals surface area contributed by atoms with Crippen LogP contribution in [0.25, 0.3) is 0 Å². The zero-order chi connectivity index (χ0) is 23.2. The number of hydrogen-bond acceptors (Lipinski definition) is 8. The lowest BCUT2D eigenvalue weighted by atomic mass is 10.0. The molecule has 0 aliphatic carbocycles. The standard InChI is InChI=1S/C21H33NO8S/c1-7-28-21(29-8-2)15(9-13(3)4)22-20(23)18-11-14-10-16(26-5)17(27-6)12-19(14)31(24,25)30-18/h10,12-13,15,18,21H,7-9,11H2,1-6H3,(H,22,23)/t15-,18?/m0/s1. The minimum atomic E-state index is -4.15. The van der Waals surface area contributed by atoms with E-state index in [2.05, 4.69) is 5.32 Å². The molecular formula is C21H33NO8S. The summed E-state index contributed by atoms with van der Waals surface area (Å²) in [6, 6.07) is 2.45. The van der Waals surface area contributed by atoms with Crippen LogP contribution in [0.15, 0.2) is 17.0 Å². The van der Waals surface area contributed by atoms with Crippen LogP contribution in [0.5, 0.6) is 11.5 Å². The van der Waals surface area contributed by atoms with Crippen LogP contribution in [0.3, 0.4) is 0 Å². The van der Waals surface area contributed by atoms with Crippen molar-refractivity contribution in [2.75, 3.05) is 27.4 Å². The van der Waals surface area contributed by atoms with Crippen molar-refractivity contribution in [3.63, 3.8) is 0 Å². The summed E-state index contributed by atoms with van der Waals surface area (Å²) >= 11 is 0. The average molecular weight is 460 g/mol. The van der Waals surface area contributed by atoms with E-state index in [4.69, 9.17) is 23.1 Å². The third kappa shape index (κ3) is 6.31. The van der Waals surface area contributed by atoms with Gasteiger partial charge in [0.25, 0.3) is 16.0 Å². The number of carbonyl (C=O) groups excluding carboxylic acids is 1. The predicted molar refractivity (Wildman–Crippen MR) is 114 cm³/mol. The van der Waals surface area contributed by atoms with Gasteiger partial charge in [-0.15, -0.1) is 0 Å². The smallest absolute Gasteiger partial charge is 0.298 e. The van der Waals surface area contributed by atoms with E-state index in [0.717, 1.165) is 0 Å². The summed E-state index contributed by atoms with van der Waals surface area (Å²) in [4.78, 5) is 13.0. The number of ether oxygens (including phenoxy) is 4. The van der Waals surface area contributed by atoms with E-state index in [0.29, 0.717) is 30.9 Å². The first-order chi connectivity index (χ1) is 14.7. The summed E-state index contributed by atoms with van der Waals surface area (Å²) in [5.41, 5.74) is 0.427. The molecule has 0 radical (unpaired) electrons. The Balaban J connectivity index is 2.28. The highest BCUT2D eigenvalue weighted by atomic mass is 32.2. The first kappa shape index (κ1) is 25.4. The molecular weight excluding hydrogens is 426 g/mol. The third-order valence-electron chi connectivity index (χ3n) is 4.82. The summed E-state index contributed by atoms with van der Waals surface area (Å²) in [6.45, 7) is 8.55. The van der Waals surface area contributed by atoms with E-state index >= 15 is 0 Å². The summed E-state index contributed by atoms with van der Waals surface area (Å²) in [5.74, 6) is 0.355. The molecule has 0 bridgehead atoms.